The Hall–Kier alpha value is -1.71. The van der Waals surface area contributed by atoms with Crippen molar-refractivity contribution in [3.63, 3.8) is 0 Å². The molecule has 1 aliphatic rings. The Labute approximate surface area is 107 Å². The third-order valence-corrected chi connectivity index (χ3v) is 3.59. The standard InChI is InChI=1S/C14H19NO3/c1-9-5-6-14(16)15(2)11-8-13(18-4)12(17-3)7-10(9)11/h7-9H,5-6H2,1-4H3. The minimum absolute atomic E-state index is 0.146. The number of fused-ring (bicyclic) bond motifs is 1. The Morgan fingerprint density at radius 3 is 2.44 bits per heavy atom. The van der Waals surface area contributed by atoms with E-state index in [4.69, 9.17) is 9.47 Å². The number of nitrogens with zero attached hydrogens (tertiary/aromatic N) is 1. The maximum atomic E-state index is 11.9. The van der Waals surface area contributed by atoms with Crippen molar-refractivity contribution >= 4 is 11.6 Å². The molecule has 1 aromatic rings. The lowest BCUT2D eigenvalue weighted by atomic mass is 9.95. The van der Waals surface area contributed by atoms with E-state index in [2.05, 4.69) is 6.92 Å². The zero-order chi connectivity index (χ0) is 13.3. The lowest BCUT2D eigenvalue weighted by molar-refractivity contribution is -0.118. The first-order chi connectivity index (χ1) is 8.58. The Morgan fingerprint density at radius 1 is 1.22 bits per heavy atom. The summed E-state index contributed by atoms with van der Waals surface area (Å²) in [5.41, 5.74) is 2.06. The Bertz CT molecular complexity index is 470. The maximum absolute atomic E-state index is 11.9. The van der Waals surface area contributed by atoms with Crippen molar-refractivity contribution in [1.82, 2.24) is 0 Å². The summed E-state index contributed by atoms with van der Waals surface area (Å²) >= 11 is 0. The SMILES string of the molecule is COc1cc2c(cc1OC)N(C)C(=O)CCC2C. The van der Waals surface area contributed by atoms with Gasteiger partial charge in [0.15, 0.2) is 11.5 Å². The summed E-state index contributed by atoms with van der Waals surface area (Å²) in [5.74, 6) is 1.86. The van der Waals surface area contributed by atoms with Crippen molar-refractivity contribution in [3.05, 3.63) is 17.7 Å². The van der Waals surface area contributed by atoms with E-state index in [0.717, 1.165) is 17.7 Å². The fourth-order valence-corrected chi connectivity index (χ4v) is 2.37. The molecule has 1 amide bonds. The normalized spacial score (nSPS) is 19.2. The van der Waals surface area contributed by atoms with Crippen LogP contribution in [0, 0.1) is 0 Å². The highest BCUT2D eigenvalue weighted by molar-refractivity contribution is 5.95. The van der Waals surface area contributed by atoms with Crippen LogP contribution in [0.25, 0.3) is 0 Å². The monoisotopic (exact) mass is 249 g/mol. The Morgan fingerprint density at radius 2 is 1.83 bits per heavy atom. The van der Waals surface area contributed by atoms with Gasteiger partial charge in [-0.15, -0.1) is 0 Å². The number of hydrogen-bond donors (Lipinski definition) is 0. The summed E-state index contributed by atoms with van der Waals surface area (Å²) in [6.45, 7) is 2.14. The molecular formula is C14H19NO3. The van der Waals surface area contributed by atoms with Crippen molar-refractivity contribution in [3.8, 4) is 11.5 Å². The quantitative estimate of drug-likeness (QED) is 0.808. The first kappa shape index (κ1) is 12.7. The zero-order valence-corrected chi connectivity index (χ0v) is 11.3. The van der Waals surface area contributed by atoms with Gasteiger partial charge < -0.3 is 14.4 Å². The second kappa shape index (κ2) is 4.88. The largest absolute Gasteiger partial charge is 0.493 e. The highest BCUT2D eigenvalue weighted by Gasteiger charge is 2.25. The van der Waals surface area contributed by atoms with Gasteiger partial charge in [0.25, 0.3) is 0 Å². The average Bonchev–Trinajstić information content (AvgIpc) is 2.50. The maximum Gasteiger partial charge on any atom is 0.226 e. The van der Waals surface area contributed by atoms with Crippen LogP contribution < -0.4 is 14.4 Å². The molecule has 1 heterocycles. The molecular weight excluding hydrogens is 230 g/mol. The molecule has 98 valence electrons. The summed E-state index contributed by atoms with van der Waals surface area (Å²) < 4.78 is 10.6. The van der Waals surface area contributed by atoms with Crippen molar-refractivity contribution < 1.29 is 14.3 Å². The summed E-state index contributed by atoms with van der Waals surface area (Å²) in [6, 6.07) is 3.86. The molecule has 0 fully saturated rings. The number of carbonyl (C=O) groups excluding carboxylic acids is 1. The van der Waals surface area contributed by atoms with Crippen LogP contribution in [-0.2, 0) is 4.79 Å². The molecule has 0 N–H and O–H groups in total. The van der Waals surface area contributed by atoms with Crippen LogP contribution >= 0.6 is 0 Å². The Balaban J connectivity index is 2.59. The van der Waals surface area contributed by atoms with Crippen molar-refractivity contribution in [2.24, 2.45) is 0 Å². The smallest absolute Gasteiger partial charge is 0.226 e. The van der Waals surface area contributed by atoms with Crippen molar-refractivity contribution in [2.75, 3.05) is 26.2 Å². The number of amides is 1. The molecule has 0 saturated heterocycles. The van der Waals surface area contributed by atoms with E-state index in [1.54, 1.807) is 19.1 Å². The van der Waals surface area contributed by atoms with E-state index in [0.29, 0.717) is 23.8 Å². The second-order valence-corrected chi connectivity index (χ2v) is 4.66. The predicted molar refractivity (Wildman–Crippen MR) is 70.6 cm³/mol. The lowest BCUT2D eigenvalue weighted by Crippen LogP contribution is -2.25. The van der Waals surface area contributed by atoms with Gasteiger partial charge in [-0.3, -0.25) is 4.79 Å². The van der Waals surface area contributed by atoms with E-state index in [1.165, 1.54) is 0 Å². The van der Waals surface area contributed by atoms with Gasteiger partial charge >= 0.3 is 0 Å². The number of anilines is 1. The minimum atomic E-state index is 0.146. The zero-order valence-electron chi connectivity index (χ0n) is 11.3. The van der Waals surface area contributed by atoms with E-state index >= 15 is 0 Å². The van der Waals surface area contributed by atoms with Crippen LogP contribution in [0.15, 0.2) is 12.1 Å². The molecule has 0 saturated carbocycles. The number of rotatable bonds is 2. The first-order valence-corrected chi connectivity index (χ1v) is 6.11. The fourth-order valence-electron chi connectivity index (χ4n) is 2.37. The molecule has 4 nitrogen and oxygen atoms in total. The average molecular weight is 249 g/mol. The molecule has 1 aliphatic heterocycles. The summed E-state index contributed by atoms with van der Waals surface area (Å²) in [6.07, 6.45) is 1.45. The van der Waals surface area contributed by atoms with E-state index in [9.17, 15) is 4.79 Å². The predicted octanol–water partition coefficient (Wildman–Crippen LogP) is 2.56. The number of carbonyl (C=O) groups is 1. The first-order valence-electron chi connectivity index (χ1n) is 6.11. The van der Waals surface area contributed by atoms with E-state index in [-0.39, 0.29) is 5.91 Å². The van der Waals surface area contributed by atoms with Crippen molar-refractivity contribution in [1.29, 1.82) is 0 Å². The van der Waals surface area contributed by atoms with Gasteiger partial charge in [-0.05, 0) is 24.0 Å². The summed E-state index contributed by atoms with van der Waals surface area (Å²) in [7, 11) is 5.04. The molecule has 18 heavy (non-hydrogen) atoms. The fraction of sp³-hybridized carbons (Fsp3) is 0.500. The summed E-state index contributed by atoms with van der Waals surface area (Å²) in [5, 5.41) is 0. The van der Waals surface area contributed by atoms with Gasteiger partial charge in [0.1, 0.15) is 0 Å². The molecule has 4 heteroatoms. The molecule has 0 aliphatic carbocycles. The number of methoxy groups -OCH3 is 2. The minimum Gasteiger partial charge on any atom is -0.493 e. The van der Waals surface area contributed by atoms with Crippen LogP contribution in [-0.4, -0.2) is 27.2 Å². The van der Waals surface area contributed by atoms with Gasteiger partial charge in [0.2, 0.25) is 5.91 Å². The van der Waals surface area contributed by atoms with Crippen LogP contribution in [0.2, 0.25) is 0 Å². The second-order valence-electron chi connectivity index (χ2n) is 4.66. The molecule has 2 rings (SSSR count). The number of ether oxygens (including phenoxy) is 2. The van der Waals surface area contributed by atoms with Gasteiger partial charge in [0.05, 0.1) is 19.9 Å². The van der Waals surface area contributed by atoms with Crippen LogP contribution in [0.5, 0.6) is 11.5 Å². The highest BCUT2D eigenvalue weighted by atomic mass is 16.5. The third-order valence-electron chi connectivity index (χ3n) is 3.59. The van der Waals surface area contributed by atoms with E-state index < -0.39 is 0 Å². The van der Waals surface area contributed by atoms with E-state index in [1.807, 2.05) is 19.2 Å². The van der Waals surface area contributed by atoms with Gasteiger partial charge in [0, 0.05) is 19.5 Å². The molecule has 0 spiro atoms. The van der Waals surface area contributed by atoms with Crippen LogP contribution in [0.3, 0.4) is 0 Å². The molecule has 1 unspecified atom stereocenters. The summed E-state index contributed by atoms with van der Waals surface area (Å²) in [4.78, 5) is 13.6. The van der Waals surface area contributed by atoms with Gasteiger partial charge in [-0.25, -0.2) is 0 Å². The van der Waals surface area contributed by atoms with Gasteiger partial charge in [-0.2, -0.15) is 0 Å². The molecule has 1 atom stereocenters. The van der Waals surface area contributed by atoms with Crippen LogP contribution in [0.4, 0.5) is 5.69 Å². The van der Waals surface area contributed by atoms with Gasteiger partial charge in [-0.1, -0.05) is 6.92 Å². The number of hydrogen-bond acceptors (Lipinski definition) is 3. The molecule has 0 radical (unpaired) electrons. The topological polar surface area (TPSA) is 38.8 Å². The van der Waals surface area contributed by atoms with Crippen molar-refractivity contribution in [2.45, 2.75) is 25.7 Å². The molecule has 1 aromatic carbocycles. The number of benzene rings is 1. The molecule has 0 aromatic heterocycles. The molecule has 0 bridgehead atoms. The van der Waals surface area contributed by atoms with Crippen LogP contribution in [0.1, 0.15) is 31.2 Å². The Kier molecular flexibility index (Phi) is 3.45. The lowest BCUT2D eigenvalue weighted by Gasteiger charge is -2.21. The highest BCUT2D eigenvalue weighted by Crippen LogP contribution is 2.41. The third kappa shape index (κ3) is 2.03.